The Kier molecular flexibility index (Phi) is 3.61. The van der Waals surface area contributed by atoms with E-state index in [0.717, 1.165) is 40.7 Å². The smallest absolute Gasteiger partial charge is 0.139 e. The maximum atomic E-state index is 4.56. The van der Waals surface area contributed by atoms with Crippen LogP contribution in [-0.4, -0.2) is 37.3 Å². The number of piperidine rings is 1. The van der Waals surface area contributed by atoms with Gasteiger partial charge in [-0.15, -0.1) is 0 Å². The Balaban J connectivity index is 1.75. The minimum Gasteiger partial charge on any atom is -0.381 e. The van der Waals surface area contributed by atoms with E-state index < -0.39 is 0 Å². The molecule has 0 saturated carbocycles. The molecule has 0 unspecified atom stereocenters. The van der Waals surface area contributed by atoms with E-state index in [9.17, 15) is 0 Å². The Morgan fingerprint density at radius 2 is 1.88 bits per heavy atom. The highest BCUT2D eigenvalue weighted by atomic mass is 15.1. The molecule has 3 aromatic heterocycles. The van der Waals surface area contributed by atoms with Gasteiger partial charge in [-0.1, -0.05) is 0 Å². The lowest BCUT2D eigenvalue weighted by atomic mass is 9.79. The number of hydrogen-bond acceptors (Lipinski definition) is 4. The number of nitrogens with zero attached hydrogens (tertiary/aromatic N) is 2. The molecule has 6 nitrogen and oxygen atoms in total. The average Bonchev–Trinajstić information content (AvgIpc) is 3.15. The number of aromatic nitrogens is 4. The first-order valence-electron chi connectivity index (χ1n) is 8.84. The van der Waals surface area contributed by atoms with Crippen LogP contribution in [0.3, 0.4) is 0 Å². The molecule has 132 valence electrons. The number of H-pyrrole nitrogens is 2. The quantitative estimate of drug-likeness (QED) is 0.587. The van der Waals surface area contributed by atoms with E-state index in [1.54, 1.807) is 0 Å². The first kappa shape index (κ1) is 16.1. The minimum absolute atomic E-state index is 0.0967. The minimum atomic E-state index is 0.0967. The maximum Gasteiger partial charge on any atom is 0.139 e. The zero-order valence-corrected chi connectivity index (χ0v) is 15.3. The third-order valence-corrected chi connectivity index (χ3v) is 4.93. The molecule has 6 heteroatoms. The molecule has 25 heavy (non-hydrogen) atoms. The van der Waals surface area contributed by atoms with E-state index in [1.807, 2.05) is 24.8 Å². The lowest BCUT2D eigenvalue weighted by Crippen LogP contribution is -2.60. The monoisotopic (exact) mass is 338 g/mol. The van der Waals surface area contributed by atoms with Crippen molar-refractivity contribution in [3.05, 3.63) is 30.9 Å². The molecule has 0 aliphatic carbocycles. The van der Waals surface area contributed by atoms with Crippen molar-refractivity contribution < 1.29 is 0 Å². The molecule has 0 atom stereocenters. The van der Waals surface area contributed by atoms with Gasteiger partial charge in [-0.05, 0) is 46.6 Å². The van der Waals surface area contributed by atoms with Crippen molar-refractivity contribution in [2.75, 3.05) is 5.32 Å². The summed E-state index contributed by atoms with van der Waals surface area (Å²) in [6.45, 7) is 9.10. The number of rotatable bonds is 3. The zero-order chi connectivity index (χ0) is 17.7. The van der Waals surface area contributed by atoms with Crippen LogP contribution >= 0.6 is 0 Å². The molecule has 4 heterocycles. The van der Waals surface area contributed by atoms with Crippen LogP contribution in [-0.2, 0) is 0 Å². The predicted molar refractivity (Wildman–Crippen MR) is 102 cm³/mol. The van der Waals surface area contributed by atoms with Crippen LogP contribution in [0.5, 0.6) is 0 Å². The summed E-state index contributed by atoms with van der Waals surface area (Å²) in [4.78, 5) is 7.77. The molecule has 1 fully saturated rings. The van der Waals surface area contributed by atoms with Crippen LogP contribution in [0.2, 0.25) is 0 Å². The molecule has 0 aromatic carbocycles. The molecule has 0 radical (unpaired) electrons. The Hall–Kier alpha value is -2.34. The normalized spacial score (nSPS) is 20.0. The topological polar surface area (TPSA) is 81.4 Å². The molecule has 0 amide bonds. The van der Waals surface area contributed by atoms with Crippen LogP contribution < -0.4 is 10.6 Å². The molecule has 1 aliphatic rings. The number of fused-ring (bicyclic) bond motifs is 1. The second-order valence-corrected chi connectivity index (χ2v) is 8.42. The van der Waals surface area contributed by atoms with Crippen molar-refractivity contribution in [3.63, 3.8) is 0 Å². The number of anilines is 1. The molecular weight excluding hydrogens is 312 g/mol. The van der Waals surface area contributed by atoms with Crippen molar-refractivity contribution in [3.8, 4) is 11.1 Å². The van der Waals surface area contributed by atoms with Crippen LogP contribution in [0, 0.1) is 0 Å². The van der Waals surface area contributed by atoms with Crippen LogP contribution in [0.15, 0.2) is 30.9 Å². The molecular formula is C19H26N6. The van der Waals surface area contributed by atoms with Gasteiger partial charge >= 0.3 is 0 Å². The van der Waals surface area contributed by atoms with Gasteiger partial charge in [-0.25, -0.2) is 4.98 Å². The van der Waals surface area contributed by atoms with E-state index in [0.29, 0.717) is 6.04 Å². The third kappa shape index (κ3) is 3.14. The van der Waals surface area contributed by atoms with E-state index in [1.165, 1.54) is 0 Å². The van der Waals surface area contributed by atoms with Gasteiger partial charge in [0.1, 0.15) is 5.65 Å². The fourth-order valence-corrected chi connectivity index (χ4v) is 4.41. The van der Waals surface area contributed by atoms with E-state index in [2.05, 4.69) is 64.6 Å². The summed E-state index contributed by atoms with van der Waals surface area (Å²) in [6.07, 6.45) is 9.75. The van der Waals surface area contributed by atoms with Gasteiger partial charge in [0.15, 0.2) is 0 Å². The van der Waals surface area contributed by atoms with Gasteiger partial charge in [-0.2, -0.15) is 5.10 Å². The van der Waals surface area contributed by atoms with E-state index in [4.69, 9.17) is 0 Å². The second kappa shape index (κ2) is 5.59. The third-order valence-electron chi connectivity index (χ3n) is 4.93. The second-order valence-electron chi connectivity index (χ2n) is 8.42. The van der Waals surface area contributed by atoms with Crippen molar-refractivity contribution in [1.29, 1.82) is 0 Å². The Bertz CT molecular complexity index is 859. The van der Waals surface area contributed by atoms with Crippen LogP contribution in [0.1, 0.15) is 40.5 Å². The maximum absolute atomic E-state index is 4.56. The van der Waals surface area contributed by atoms with Crippen molar-refractivity contribution in [2.45, 2.75) is 57.7 Å². The van der Waals surface area contributed by atoms with Crippen molar-refractivity contribution >= 4 is 16.7 Å². The van der Waals surface area contributed by atoms with Gasteiger partial charge in [0.05, 0.1) is 11.9 Å². The molecule has 4 N–H and O–H groups in total. The van der Waals surface area contributed by atoms with Gasteiger partial charge < -0.3 is 15.6 Å². The van der Waals surface area contributed by atoms with Gasteiger partial charge in [0.25, 0.3) is 0 Å². The zero-order valence-electron chi connectivity index (χ0n) is 15.3. The summed E-state index contributed by atoms with van der Waals surface area (Å²) >= 11 is 0. The van der Waals surface area contributed by atoms with Gasteiger partial charge in [0, 0.05) is 52.2 Å². The molecule has 0 spiro atoms. The average molecular weight is 338 g/mol. The molecule has 1 aliphatic heterocycles. The lowest BCUT2D eigenvalue weighted by molar-refractivity contribution is 0.170. The lowest BCUT2D eigenvalue weighted by Gasteiger charge is -2.47. The standard InChI is InChI=1S/C19H26N6/c1-18(2)7-13(8-19(3,4)25-18)24-16-14-5-6-20-17(14)21-11-15(16)12-9-22-23-10-12/h5-6,9-11,13,25H,7-8H2,1-4H3,(H,22,23)(H2,20,21,24). The van der Waals surface area contributed by atoms with Gasteiger partial charge in [-0.3, -0.25) is 5.10 Å². The SMILES string of the molecule is CC1(C)CC(Nc2c(-c3cn[nH]c3)cnc3[nH]ccc23)CC(C)(C)N1. The van der Waals surface area contributed by atoms with Gasteiger partial charge in [0.2, 0.25) is 0 Å². The summed E-state index contributed by atoms with van der Waals surface area (Å²) in [6, 6.07) is 2.48. The van der Waals surface area contributed by atoms with Crippen molar-refractivity contribution in [1.82, 2.24) is 25.5 Å². The summed E-state index contributed by atoms with van der Waals surface area (Å²) in [7, 11) is 0. The Morgan fingerprint density at radius 1 is 1.12 bits per heavy atom. The largest absolute Gasteiger partial charge is 0.381 e. The summed E-state index contributed by atoms with van der Waals surface area (Å²) in [5.41, 5.74) is 4.35. The molecule has 0 bridgehead atoms. The molecule has 4 rings (SSSR count). The number of nitrogens with one attached hydrogen (secondary N) is 4. The van der Waals surface area contributed by atoms with Crippen LogP contribution in [0.25, 0.3) is 22.2 Å². The number of aromatic amines is 2. The fourth-order valence-electron chi connectivity index (χ4n) is 4.41. The van der Waals surface area contributed by atoms with Crippen molar-refractivity contribution in [2.24, 2.45) is 0 Å². The Labute approximate surface area is 147 Å². The Morgan fingerprint density at radius 3 is 2.56 bits per heavy atom. The summed E-state index contributed by atoms with van der Waals surface area (Å²) < 4.78 is 0. The number of hydrogen-bond donors (Lipinski definition) is 4. The highest BCUT2D eigenvalue weighted by Gasteiger charge is 2.38. The molecule has 1 saturated heterocycles. The molecule has 3 aromatic rings. The first-order valence-corrected chi connectivity index (χ1v) is 8.84. The first-order chi connectivity index (χ1) is 11.8. The van der Waals surface area contributed by atoms with E-state index in [-0.39, 0.29) is 11.1 Å². The highest BCUT2D eigenvalue weighted by molar-refractivity contribution is 5.98. The van der Waals surface area contributed by atoms with Crippen LogP contribution in [0.4, 0.5) is 5.69 Å². The predicted octanol–water partition coefficient (Wildman–Crippen LogP) is 3.67. The summed E-state index contributed by atoms with van der Waals surface area (Å²) in [5.74, 6) is 0. The highest BCUT2D eigenvalue weighted by Crippen LogP contribution is 2.36. The summed E-state index contributed by atoms with van der Waals surface area (Å²) in [5, 5.41) is 15.7. The fraction of sp³-hybridized carbons (Fsp3) is 0.474. The van der Waals surface area contributed by atoms with E-state index >= 15 is 0 Å². The number of pyridine rings is 1.